The topological polar surface area (TPSA) is 116 Å². The number of thiazole rings is 1. The monoisotopic (exact) mass is 499 g/mol. The van der Waals surface area contributed by atoms with Crippen LogP contribution in [0.25, 0.3) is 10.4 Å². The minimum atomic E-state index is -0.917. The lowest BCUT2D eigenvalue weighted by molar-refractivity contribution is -0.139. The van der Waals surface area contributed by atoms with Gasteiger partial charge in [0.15, 0.2) is 5.84 Å². The standard InChI is InChI=1S/C25H33N5O4S/c1-14-20(35-13-26-14)16-7-9-17(10-8-16)25(6)28-22(29-34-25)19-11-18(32)12-30(19)23(33)21(24(3,4)5)27-15(2)31/h7-10,13,18-19,21,32H,11-12H2,1-6H3,(H,27,31)(H,28,29)/t18-,19+,21?,25+/m1/s1. The summed E-state index contributed by atoms with van der Waals surface area (Å²) in [5.74, 6) is -0.0503. The molecule has 1 fully saturated rings. The molecule has 0 bridgehead atoms. The number of benzene rings is 1. The van der Waals surface area contributed by atoms with E-state index in [4.69, 9.17) is 4.84 Å². The Bertz CT molecular complexity index is 1140. The third-order valence-corrected chi connectivity index (χ3v) is 7.45. The van der Waals surface area contributed by atoms with Crippen LogP contribution in [0.2, 0.25) is 0 Å². The van der Waals surface area contributed by atoms with Gasteiger partial charge in [-0.05, 0) is 17.9 Å². The Morgan fingerprint density at radius 1 is 1.31 bits per heavy atom. The van der Waals surface area contributed by atoms with Crippen LogP contribution in [0.1, 0.15) is 52.3 Å². The predicted octanol–water partition coefficient (Wildman–Crippen LogP) is 2.74. The van der Waals surface area contributed by atoms with Crippen molar-refractivity contribution >= 4 is 29.0 Å². The number of nitrogens with zero attached hydrogens (tertiary/aromatic N) is 3. The van der Waals surface area contributed by atoms with Crippen molar-refractivity contribution in [1.82, 2.24) is 20.5 Å². The lowest BCUT2D eigenvalue weighted by Crippen LogP contribution is -2.57. The summed E-state index contributed by atoms with van der Waals surface area (Å²) in [5, 5.41) is 20.8. The molecule has 2 aromatic rings. The van der Waals surface area contributed by atoms with Crippen LogP contribution in [0.4, 0.5) is 0 Å². The number of rotatable bonds is 5. The van der Waals surface area contributed by atoms with Gasteiger partial charge in [0.25, 0.3) is 0 Å². The summed E-state index contributed by atoms with van der Waals surface area (Å²) in [6, 6.07) is 6.81. The Kier molecular flexibility index (Phi) is 6.63. The average Bonchev–Trinajstić information content (AvgIpc) is 3.49. The second-order valence-electron chi connectivity index (χ2n) is 10.5. The van der Waals surface area contributed by atoms with Gasteiger partial charge in [0.05, 0.1) is 28.2 Å². The molecule has 188 valence electrons. The summed E-state index contributed by atoms with van der Waals surface area (Å²) >= 11 is 1.60. The van der Waals surface area contributed by atoms with Crippen molar-refractivity contribution in [3.05, 3.63) is 41.0 Å². The van der Waals surface area contributed by atoms with Crippen molar-refractivity contribution in [2.75, 3.05) is 6.54 Å². The van der Waals surface area contributed by atoms with Gasteiger partial charge in [-0.2, -0.15) is 0 Å². The fraction of sp³-hybridized carbons (Fsp3) is 0.520. The van der Waals surface area contributed by atoms with Crippen molar-refractivity contribution in [1.29, 1.82) is 0 Å². The first kappa shape index (κ1) is 25.1. The third-order valence-electron chi connectivity index (χ3n) is 6.47. The number of oxime groups is 1. The summed E-state index contributed by atoms with van der Waals surface area (Å²) in [6.45, 7) is 11.1. The van der Waals surface area contributed by atoms with Crippen molar-refractivity contribution in [3.8, 4) is 10.4 Å². The number of aliphatic hydroxyl groups is 1. The van der Waals surface area contributed by atoms with E-state index >= 15 is 0 Å². The molecule has 2 aliphatic rings. The van der Waals surface area contributed by atoms with E-state index in [-0.39, 0.29) is 18.4 Å². The van der Waals surface area contributed by atoms with Crippen LogP contribution in [-0.4, -0.2) is 57.4 Å². The Morgan fingerprint density at radius 2 is 2.00 bits per heavy atom. The minimum Gasteiger partial charge on any atom is -0.391 e. The van der Waals surface area contributed by atoms with Gasteiger partial charge in [0.1, 0.15) is 6.04 Å². The maximum atomic E-state index is 13.5. The number of aryl methyl sites for hydroxylation is 1. The molecule has 1 unspecified atom stereocenters. The van der Waals surface area contributed by atoms with Crippen LogP contribution < -0.4 is 10.6 Å². The maximum Gasteiger partial charge on any atom is 0.246 e. The van der Waals surface area contributed by atoms with Gasteiger partial charge in [-0.15, -0.1) is 11.3 Å². The molecule has 4 rings (SSSR count). The first-order chi connectivity index (χ1) is 16.4. The molecule has 0 aliphatic carbocycles. The van der Waals surface area contributed by atoms with E-state index in [0.717, 1.165) is 21.7 Å². The fourth-order valence-electron chi connectivity index (χ4n) is 4.55. The van der Waals surface area contributed by atoms with Crippen LogP contribution in [0.15, 0.2) is 34.9 Å². The molecular formula is C25H33N5O4S. The number of aliphatic hydroxyl groups excluding tert-OH is 1. The molecule has 0 saturated carbocycles. The molecule has 3 N–H and O–H groups in total. The predicted molar refractivity (Wildman–Crippen MR) is 134 cm³/mol. The summed E-state index contributed by atoms with van der Waals surface area (Å²) in [7, 11) is 0. The van der Waals surface area contributed by atoms with Gasteiger partial charge in [0, 0.05) is 32.4 Å². The first-order valence-electron chi connectivity index (χ1n) is 11.7. The largest absolute Gasteiger partial charge is 0.391 e. The number of carbonyl (C=O) groups excluding carboxylic acids is 2. The van der Waals surface area contributed by atoms with E-state index in [0.29, 0.717) is 12.3 Å². The highest BCUT2D eigenvalue weighted by Gasteiger charge is 2.47. The lowest BCUT2D eigenvalue weighted by atomic mass is 9.85. The zero-order valence-electron chi connectivity index (χ0n) is 21.0. The van der Waals surface area contributed by atoms with Crippen LogP contribution in [0, 0.1) is 12.3 Å². The molecule has 3 heterocycles. The van der Waals surface area contributed by atoms with Gasteiger partial charge in [0.2, 0.25) is 17.5 Å². The van der Waals surface area contributed by atoms with Crippen LogP contribution >= 0.6 is 11.3 Å². The molecule has 2 amide bonds. The number of likely N-dealkylation sites (tertiary alicyclic amines) is 1. The molecule has 35 heavy (non-hydrogen) atoms. The molecule has 10 heteroatoms. The molecule has 2 aliphatic heterocycles. The Balaban J connectivity index is 1.52. The zero-order chi connectivity index (χ0) is 25.5. The molecule has 4 atom stereocenters. The average molecular weight is 500 g/mol. The number of β-amino-alcohol motifs (C(OH)–C–C–N with tert-alkyl or cyclic N) is 1. The molecular weight excluding hydrogens is 466 g/mol. The van der Waals surface area contributed by atoms with E-state index in [9.17, 15) is 14.7 Å². The van der Waals surface area contributed by atoms with Crippen molar-refractivity contribution in [2.45, 2.75) is 71.9 Å². The van der Waals surface area contributed by atoms with Gasteiger partial charge in [-0.25, -0.2) is 4.98 Å². The minimum absolute atomic E-state index is 0.163. The van der Waals surface area contributed by atoms with E-state index < -0.39 is 29.3 Å². The van der Waals surface area contributed by atoms with Crippen LogP contribution in [-0.2, 0) is 20.2 Å². The molecule has 1 aromatic carbocycles. The number of amides is 2. The summed E-state index contributed by atoms with van der Waals surface area (Å²) < 4.78 is 0. The SMILES string of the molecule is CC(=O)NC(C(=O)N1C[C@H](O)C[C@H]1C1=NO[C@@](C)(c2ccc(-c3scnc3C)cc2)N1)C(C)(C)C. The first-order valence-corrected chi connectivity index (χ1v) is 12.6. The second kappa shape index (κ2) is 9.23. The van der Waals surface area contributed by atoms with Gasteiger partial charge in [-0.3, -0.25) is 9.59 Å². The molecule has 9 nitrogen and oxygen atoms in total. The van der Waals surface area contributed by atoms with Gasteiger partial charge < -0.3 is 25.5 Å². The Labute approximate surface area is 209 Å². The van der Waals surface area contributed by atoms with E-state index in [1.807, 2.05) is 64.4 Å². The highest BCUT2D eigenvalue weighted by Crippen LogP contribution is 2.34. The maximum absolute atomic E-state index is 13.5. The number of nitrogens with one attached hydrogen (secondary N) is 2. The fourth-order valence-corrected chi connectivity index (χ4v) is 5.36. The van der Waals surface area contributed by atoms with Gasteiger partial charge >= 0.3 is 0 Å². The normalized spacial score (nSPS) is 25.0. The van der Waals surface area contributed by atoms with E-state index in [1.54, 1.807) is 16.2 Å². The van der Waals surface area contributed by atoms with Crippen molar-refractivity contribution < 1.29 is 19.5 Å². The summed E-state index contributed by atoms with van der Waals surface area (Å²) in [5.41, 5.74) is 3.37. The number of carbonyl (C=O) groups is 2. The number of amidine groups is 1. The third kappa shape index (κ3) is 5.04. The van der Waals surface area contributed by atoms with Crippen molar-refractivity contribution in [3.63, 3.8) is 0 Å². The smallest absolute Gasteiger partial charge is 0.246 e. The van der Waals surface area contributed by atoms with E-state index in [1.165, 1.54) is 6.92 Å². The lowest BCUT2D eigenvalue weighted by Gasteiger charge is -2.35. The molecule has 1 aromatic heterocycles. The van der Waals surface area contributed by atoms with Gasteiger partial charge in [-0.1, -0.05) is 50.2 Å². The van der Waals surface area contributed by atoms with Crippen LogP contribution in [0.3, 0.4) is 0 Å². The van der Waals surface area contributed by atoms with Crippen molar-refractivity contribution in [2.24, 2.45) is 10.6 Å². The number of hydrogen-bond donors (Lipinski definition) is 3. The van der Waals surface area contributed by atoms with E-state index in [2.05, 4.69) is 20.8 Å². The highest BCUT2D eigenvalue weighted by atomic mass is 32.1. The molecule has 1 saturated heterocycles. The summed E-state index contributed by atoms with van der Waals surface area (Å²) in [4.78, 5) is 38.2. The Hall–Kier alpha value is -2.98. The molecule has 0 radical (unpaired) electrons. The second-order valence-corrected chi connectivity index (χ2v) is 11.3. The summed E-state index contributed by atoms with van der Waals surface area (Å²) in [6.07, 6.45) is -0.363. The van der Waals surface area contributed by atoms with Crippen LogP contribution in [0.5, 0.6) is 0 Å². The zero-order valence-corrected chi connectivity index (χ0v) is 21.8. The Morgan fingerprint density at radius 3 is 2.57 bits per heavy atom. The number of aromatic nitrogens is 1. The highest BCUT2D eigenvalue weighted by molar-refractivity contribution is 7.13. The number of hydrogen-bond acceptors (Lipinski definition) is 8. The quantitative estimate of drug-likeness (QED) is 0.583. The molecule has 0 spiro atoms.